The zero-order valence-electron chi connectivity index (χ0n) is 16.5. The van der Waals surface area contributed by atoms with E-state index in [9.17, 15) is 13.6 Å². The normalized spacial score (nSPS) is 12.6. The zero-order chi connectivity index (χ0) is 20.4. The van der Waals surface area contributed by atoms with Crippen molar-refractivity contribution in [1.82, 2.24) is 9.97 Å². The standard InChI is InChI=1S/C22H28F2N2O2/c1-3-4-8-13-28-16(2)9-6-5-7-10-17-11-12-19(21(24)20(17)23)18-14-25-22(27)26-15-18/h7,10-12,14-16H,3-6,8-9,13H2,1-2H3,(H,25,26,27). The Morgan fingerprint density at radius 2 is 2.04 bits per heavy atom. The summed E-state index contributed by atoms with van der Waals surface area (Å²) >= 11 is 0. The first kappa shape index (κ1) is 22.0. The van der Waals surface area contributed by atoms with Gasteiger partial charge in [-0.05, 0) is 32.6 Å². The number of unbranched alkanes of at least 4 members (excludes halogenated alkanes) is 3. The molecule has 152 valence electrons. The third kappa shape index (κ3) is 6.68. The van der Waals surface area contributed by atoms with Gasteiger partial charge in [-0.1, -0.05) is 44.1 Å². The molecule has 0 saturated carbocycles. The van der Waals surface area contributed by atoms with E-state index in [0.717, 1.165) is 32.3 Å². The molecule has 1 aromatic heterocycles. The Labute approximate surface area is 164 Å². The van der Waals surface area contributed by atoms with E-state index in [0.29, 0.717) is 5.56 Å². The fourth-order valence-corrected chi connectivity index (χ4v) is 2.86. The Bertz CT molecular complexity index is 813. The fraction of sp³-hybridized carbons (Fsp3) is 0.455. The van der Waals surface area contributed by atoms with Crippen LogP contribution in [-0.4, -0.2) is 22.7 Å². The second-order valence-electron chi connectivity index (χ2n) is 6.86. The van der Waals surface area contributed by atoms with Gasteiger partial charge in [-0.15, -0.1) is 0 Å². The molecule has 0 fully saturated rings. The highest BCUT2D eigenvalue weighted by atomic mass is 19.2. The van der Waals surface area contributed by atoms with E-state index in [1.807, 2.05) is 6.08 Å². The number of ether oxygens (including phenoxy) is 1. The lowest BCUT2D eigenvalue weighted by Gasteiger charge is -2.12. The lowest BCUT2D eigenvalue weighted by molar-refractivity contribution is 0.0566. The highest BCUT2D eigenvalue weighted by Crippen LogP contribution is 2.25. The first-order chi connectivity index (χ1) is 13.5. The summed E-state index contributed by atoms with van der Waals surface area (Å²) in [6.45, 7) is 5.03. The summed E-state index contributed by atoms with van der Waals surface area (Å²) in [5.41, 5.74) is 0.0410. The van der Waals surface area contributed by atoms with E-state index in [-0.39, 0.29) is 17.2 Å². The summed E-state index contributed by atoms with van der Waals surface area (Å²) in [6.07, 6.45) is 12.3. The van der Waals surface area contributed by atoms with Crippen LogP contribution in [0.15, 0.2) is 35.4 Å². The Balaban J connectivity index is 1.86. The van der Waals surface area contributed by atoms with Gasteiger partial charge >= 0.3 is 5.69 Å². The monoisotopic (exact) mass is 390 g/mol. The molecule has 0 aliphatic carbocycles. The fourth-order valence-electron chi connectivity index (χ4n) is 2.86. The number of nitrogens with one attached hydrogen (secondary N) is 1. The van der Waals surface area contributed by atoms with Gasteiger partial charge in [0.15, 0.2) is 11.6 Å². The van der Waals surface area contributed by atoms with Gasteiger partial charge in [-0.25, -0.2) is 18.6 Å². The first-order valence-corrected chi connectivity index (χ1v) is 9.84. The van der Waals surface area contributed by atoms with Crippen LogP contribution in [0.25, 0.3) is 17.2 Å². The van der Waals surface area contributed by atoms with Crippen LogP contribution in [0.2, 0.25) is 0 Å². The number of aromatic nitrogens is 2. The first-order valence-electron chi connectivity index (χ1n) is 9.84. The lowest BCUT2D eigenvalue weighted by Crippen LogP contribution is -2.08. The Kier molecular flexibility index (Phi) is 9.01. The van der Waals surface area contributed by atoms with Crippen molar-refractivity contribution >= 4 is 6.08 Å². The van der Waals surface area contributed by atoms with E-state index in [2.05, 4.69) is 23.8 Å². The van der Waals surface area contributed by atoms with Crippen LogP contribution >= 0.6 is 0 Å². The van der Waals surface area contributed by atoms with Gasteiger partial charge in [-0.2, -0.15) is 0 Å². The van der Waals surface area contributed by atoms with E-state index in [1.54, 1.807) is 6.08 Å². The van der Waals surface area contributed by atoms with Crippen molar-refractivity contribution in [2.75, 3.05) is 6.61 Å². The molecule has 28 heavy (non-hydrogen) atoms. The van der Waals surface area contributed by atoms with Gasteiger partial charge in [-0.3, -0.25) is 0 Å². The van der Waals surface area contributed by atoms with Crippen LogP contribution < -0.4 is 5.69 Å². The van der Waals surface area contributed by atoms with Gasteiger partial charge in [0.05, 0.1) is 6.10 Å². The molecule has 4 nitrogen and oxygen atoms in total. The maximum atomic E-state index is 14.4. The number of benzene rings is 1. The van der Waals surface area contributed by atoms with Crippen LogP contribution in [0.5, 0.6) is 0 Å². The number of rotatable bonds is 11. The minimum Gasteiger partial charge on any atom is -0.379 e. The van der Waals surface area contributed by atoms with E-state index in [1.165, 1.54) is 37.4 Å². The molecule has 0 aliphatic rings. The largest absolute Gasteiger partial charge is 0.379 e. The molecule has 1 heterocycles. The van der Waals surface area contributed by atoms with E-state index >= 15 is 0 Å². The van der Waals surface area contributed by atoms with Crippen molar-refractivity contribution in [3.8, 4) is 11.1 Å². The summed E-state index contributed by atoms with van der Waals surface area (Å²) < 4.78 is 34.4. The SMILES string of the molecule is CCCCCOC(C)CCCC=Cc1ccc(-c2cnc(=O)[nH]c2)c(F)c1F. The van der Waals surface area contributed by atoms with Crippen molar-refractivity contribution in [2.24, 2.45) is 0 Å². The zero-order valence-corrected chi connectivity index (χ0v) is 16.5. The molecule has 6 heteroatoms. The molecule has 0 spiro atoms. The molecule has 0 radical (unpaired) electrons. The molecule has 1 N–H and O–H groups in total. The predicted octanol–water partition coefficient (Wildman–Crippen LogP) is 5.49. The molecule has 0 aliphatic heterocycles. The number of aromatic amines is 1. The molecule has 1 unspecified atom stereocenters. The Morgan fingerprint density at radius 3 is 2.75 bits per heavy atom. The Morgan fingerprint density at radius 1 is 1.21 bits per heavy atom. The number of allylic oxidation sites excluding steroid dienone is 1. The Hall–Kier alpha value is -2.34. The molecule has 1 aromatic carbocycles. The number of hydrogen-bond acceptors (Lipinski definition) is 3. The highest BCUT2D eigenvalue weighted by Gasteiger charge is 2.13. The third-order valence-corrected chi connectivity index (χ3v) is 4.52. The second-order valence-corrected chi connectivity index (χ2v) is 6.86. The van der Waals surface area contributed by atoms with Gasteiger partial charge in [0.25, 0.3) is 0 Å². The summed E-state index contributed by atoms with van der Waals surface area (Å²) in [6, 6.07) is 3.01. The van der Waals surface area contributed by atoms with Crippen LogP contribution in [0.4, 0.5) is 8.78 Å². The number of nitrogens with zero attached hydrogens (tertiary/aromatic N) is 1. The number of hydrogen-bond donors (Lipinski definition) is 1. The number of halogens is 2. The van der Waals surface area contributed by atoms with Gasteiger partial charge < -0.3 is 9.72 Å². The van der Waals surface area contributed by atoms with E-state index in [4.69, 9.17) is 4.74 Å². The predicted molar refractivity (Wildman–Crippen MR) is 108 cm³/mol. The maximum absolute atomic E-state index is 14.4. The van der Waals surface area contributed by atoms with Crippen LogP contribution in [-0.2, 0) is 4.74 Å². The van der Waals surface area contributed by atoms with Crippen molar-refractivity contribution < 1.29 is 13.5 Å². The van der Waals surface area contributed by atoms with E-state index < -0.39 is 17.3 Å². The van der Waals surface area contributed by atoms with Crippen molar-refractivity contribution in [1.29, 1.82) is 0 Å². The second kappa shape index (κ2) is 11.5. The molecule has 0 saturated heterocycles. The maximum Gasteiger partial charge on any atom is 0.344 e. The molecular weight excluding hydrogens is 362 g/mol. The van der Waals surface area contributed by atoms with Crippen LogP contribution in [0.1, 0.15) is 57.9 Å². The average molecular weight is 390 g/mol. The summed E-state index contributed by atoms with van der Waals surface area (Å²) in [7, 11) is 0. The van der Waals surface area contributed by atoms with Crippen molar-refractivity contribution in [3.05, 3.63) is 58.3 Å². The minimum absolute atomic E-state index is 0.0625. The van der Waals surface area contributed by atoms with Gasteiger partial charge in [0, 0.05) is 35.7 Å². The summed E-state index contributed by atoms with van der Waals surface area (Å²) in [4.78, 5) is 16.9. The van der Waals surface area contributed by atoms with Gasteiger partial charge in [0.2, 0.25) is 0 Å². The van der Waals surface area contributed by atoms with Crippen LogP contribution in [0, 0.1) is 11.6 Å². The summed E-state index contributed by atoms with van der Waals surface area (Å²) in [5.74, 6) is -1.86. The minimum atomic E-state index is -0.954. The summed E-state index contributed by atoms with van der Waals surface area (Å²) in [5, 5.41) is 0. The van der Waals surface area contributed by atoms with Crippen LogP contribution in [0.3, 0.4) is 0 Å². The van der Waals surface area contributed by atoms with Gasteiger partial charge in [0.1, 0.15) is 0 Å². The lowest BCUT2D eigenvalue weighted by atomic mass is 10.0. The molecule has 0 bridgehead atoms. The highest BCUT2D eigenvalue weighted by molar-refractivity contribution is 5.65. The van der Waals surface area contributed by atoms with Crippen molar-refractivity contribution in [3.63, 3.8) is 0 Å². The topological polar surface area (TPSA) is 55.0 Å². The quantitative estimate of drug-likeness (QED) is 0.516. The number of H-pyrrole nitrogens is 1. The molecule has 2 rings (SSSR count). The van der Waals surface area contributed by atoms with Crippen molar-refractivity contribution in [2.45, 2.75) is 58.5 Å². The molecular formula is C22H28F2N2O2. The molecule has 1 atom stereocenters. The smallest absolute Gasteiger partial charge is 0.344 e. The molecule has 2 aromatic rings. The third-order valence-electron chi connectivity index (χ3n) is 4.52. The average Bonchev–Trinajstić information content (AvgIpc) is 2.69. The molecule has 0 amide bonds.